The lowest BCUT2D eigenvalue weighted by molar-refractivity contribution is -0.283. The molecule has 1 aromatic rings. The van der Waals surface area contributed by atoms with Crippen molar-refractivity contribution in [3.63, 3.8) is 0 Å². The molecule has 35 heavy (non-hydrogen) atoms. The molecule has 5 aliphatic rings. The number of aromatic nitrogens is 1. The zero-order valence-corrected chi connectivity index (χ0v) is 21.2. The van der Waals surface area contributed by atoms with Crippen LogP contribution in [0.4, 0.5) is 4.39 Å². The van der Waals surface area contributed by atoms with Crippen LogP contribution in [0.15, 0.2) is 47.7 Å². The lowest BCUT2D eigenvalue weighted by Crippen LogP contribution is -2.74. The molecule has 6 rings (SSSR count). The maximum absolute atomic E-state index is 16.8. The third-order valence-electron chi connectivity index (χ3n) is 10.2. The SMILES string of the molecule is Cc1ncccc1/C=C/C1=CCC2[C@]1(C)CC=C1CC3(F)[C@@H](O)[C@H](O)[C@@H](N(C)C)C[C@]34CC[C@@]12O4. The van der Waals surface area contributed by atoms with Gasteiger partial charge in [-0.05, 0) is 75.9 Å². The summed E-state index contributed by atoms with van der Waals surface area (Å²) in [7, 11) is 3.75. The van der Waals surface area contributed by atoms with Crippen LogP contribution in [0, 0.1) is 18.3 Å². The lowest BCUT2D eigenvalue weighted by Gasteiger charge is -2.61. The van der Waals surface area contributed by atoms with Gasteiger partial charge in [-0.15, -0.1) is 0 Å². The van der Waals surface area contributed by atoms with Crippen molar-refractivity contribution < 1.29 is 19.3 Å². The van der Waals surface area contributed by atoms with Crippen molar-refractivity contribution in [2.75, 3.05) is 14.1 Å². The minimum Gasteiger partial charge on any atom is -0.389 e. The quantitative estimate of drug-likeness (QED) is 0.637. The van der Waals surface area contributed by atoms with Crippen LogP contribution in [0.3, 0.4) is 0 Å². The van der Waals surface area contributed by atoms with Gasteiger partial charge in [-0.25, -0.2) is 4.39 Å². The summed E-state index contributed by atoms with van der Waals surface area (Å²) in [5, 5.41) is 21.9. The summed E-state index contributed by atoms with van der Waals surface area (Å²) in [4.78, 5) is 6.30. The third kappa shape index (κ3) is 2.97. The summed E-state index contributed by atoms with van der Waals surface area (Å²) in [6, 6.07) is 3.71. The number of aliphatic hydroxyl groups is 2. The zero-order chi connectivity index (χ0) is 24.8. The average molecular weight is 481 g/mol. The number of hydrogen-bond acceptors (Lipinski definition) is 5. The molecule has 3 aliphatic carbocycles. The Labute approximate surface area is 207 Å². The number of fused-ring (bicyclic) bond motifs is 1. The molecule has 2 saturated heterocycles. The van der Waals surface area contributed by atoms with Gasteiger partial charge < -0.3 is 19.8 Å². The molecule has 3 heterocycles. The van der Waals surface area contributed by atoms with E-state index in [4.69, 9.17) is 4.74 Å². The minimum absolute atomic E-state index is 0.0916. The number of aliphatic hydroxyl groups excluding tert-OH is 2. The van der Waals surface area contributed by atoms with Gasteiger partial charge in [-0.2, -0.15) is 0 Å². The molecule has 0 aromatic carbocycles. The van der Waals surface area contributed by atoms with Crippen molar-refractivity contribution in [2.45, 2.75) is 87.5 Å². The first-order valence-corrected chi connectivity index (χ1v) is 13.0. The fraction of sp³-hybridized carbons (Fsp3) is 0.621. The van der Waals surface area contributed by atoms with Crippen molar-refractivity contribution in [2.24, 2.45) is 11.3 Å². The second-order valence-corrected chi connectivity index (χ2v) is 12.0. The highest BCUT2D eigenvalue weighted by Gasteiger charge is 2.76. The maximum atomic E-state index is 16.8. The van der Waals surface area contributed by atoms with Crippen LogP contribution >= 0.6 is 0 Å². The number of hydrogen-bond donors (Lipinski definition) is 2. The van der Waals surface area contributed by atoms with Gasteiger partial charge >= 0.3 is 0 Å². The van der Waals surface area contributed by atoms with Crippen molar-refractivity contribution in [1.29, 1.82) is 0 Å². The maximum Gasteiger partial charge on any atom is 0.171 e. The Balaban J connectivity index is 1.36. The normalized spacial score (nSPS) is 46.3. The van der Waals surface area contributed by atoms with Crippen LogP contribution in [-0.4, -0.2) is 69.3 Å². The van der Waals surface area contributed by atoms with Crippen LogP contribution in [0.5, 0.6) is 0 Å². The number of halogens is 1. The van der Waals surface area contributed by atoms with Crippen LogP contribution in [0.2, 0.25) is 0 Å². The molecule has 6 heteroatoms. The largest absolute Gasteiger partial charge is 0.389 e. The van der Waals surface area contributed by atoms with E-state index in [1.165, 1.54) is 5.57 Å². The Morgan fingerprint density at radius 1 is 1.20 bits per heavy atom. The van der Waals surface area contributed by atoms with E-state index < -0.39 is 29.1 Å². The molecule has 1 saturated carbocycles. The zero-order valence-electron chi connectivity index (χ0n) is 21.2. The highest BCUT2D eigenvalue weighted by atomic mass is 19.1. The standard InChI is InChI=1S/C29H37FN2O3/c1-18-19(6-5-15-31-18)7-8-20-9-10-23-26(20,2)12-11-21-16-29(30)25(34)24(33)22(32(3)4)17-27(29)13-14-28(21,23)35-27/h5-9,11,15,22-25,33-34H,10,12-14,16-17H2,1-4H3/b8-7+/t22-,23?,24+,25-,26+,27+,28+,29?/m0/s1. The second kappa shape index (κ2) is 7.58. The second-order valence-electron chi connectivity index (χ2n) is 12.0. The Bertz CT molecular complexity index is 1150. The van der Waals surface area contributed by atoms with Crippen molar-refractivity contribution in [3.05, 3.63) is 59.0 Å². The summed E-state index contributed by atoms with van der Waals surface area (Å²) in [5.74, 6) is 0.232. The van der Waals surface area contributed by atoms with Crippen molar-refractivity contribution in [3.8, 4) is 0 Å². The fourth-order valence-electron chi connectivity index (χ4n) is 8.12. The minimum atomic E-state index is -1.97. The van der Waals surface area contributed by atoms with Crippen LogP contribution in [0.25, 0.3) is 6.08 Å². The number of nitrogens with zero attached hydrogens (tertiary/aromatic N) is 2. The topological polar surface area (TPSA) is 65.8 Å². The van der Waals surface area contributed by atoms with Crippen LogP contribution < -0.4 is 0 Å². The van der Waals surface area contributed by atoms with Gasteiger partial charge in [0, 0.05) is 35.7 Å². The highest BCUT2D eigenvalue weighted by Crippen LogP contribution is 2.70. The van der Waals surface area contributed by atoms with E-state index in [1.54, 1.807) is 0 Å². The molecule has 5 nitrogen and oxygen atoms in total. The van der Waals surface area contributed by atoms with E-state index in [0.29, 0.717) is 12.8 Å². The Hall–Kier alpha value is -1.86. The lowest BCUT2D eigenvalue weighted by atomic mass is 9.57. The number of allylic oxidation sites excluding steroid dienone is 4. The summed E-state index contributed by atoms with van der Waals surface area (Å²) >= 11 is 0. The number of rotatable bonds is 3. The van der Waals surface area contributed by atoms with Gasteiger partial charge in [0.2, 0.25) is 0 Å². The monoisotopic (exact) mass is 480 g/mol. The van der Waals surface area contributed by atoms with E-state index in [9.17, 15) is 10.2 Å². The molecule has 8 atom stereocenters. The first kappa shape index (κ1) is 23.5. The smallest absolute Gasteiger partial charge is 0.171 e. The highest BCUT2D eigenvalue weighted by molar-refractivity contribution is 5.57. The number of likely N-dealkylation sites (N-methyl/N-ethyl adjacent to an activating group) is 1. The molecule has 2 N–H and O–H groups in total. The average Bonchev–Trinajstić information content (AvgIpc) is 3.34. The molecular weight excluding hydrogens is 443 g/mol. The van der Waals surface area contributed by atoms with E-state index in [0.717, 1.165) is 36.1 Å². The van der Waals surface area contributed by atoms with Gasteiger partial charge in [0.15, 0.2) is 5.67 Å². The van der Waals surface area contributed by atoms with E-state index in [1.807, 2.05) is 38.2 Å². The molecule has 3 fully saturated rings. The van der Waals surface area contributed by atoms with Gasteiger partial charge in [0.1, 0.15) is 11.7 Å². The first-order chi connectivity index (χ1) is 16.6. The van der Waals surface area contributed by atoms with E-state index >= 15 is 4.39 Å². The van der Waals surface area contributed by atoms with Crippen LogP contribution in [-0.2, 0) is 4.74 Å². The Kier molecular flexibility index (Phi) is 5.09. The molecule has 2 spiro atoms. The van der Waals surface area contributed by atoms with Crippen molar-refractivity contribution >= 4 is 6.08 Å². The molecule has 2 unspecified atom stereocenters. The molecule has 0 amide bonds. The Morgan fingerprint density at radius 2 is 2.00 bits per heavy atom. The molecule has 0 radical (unpaired) electrons. The number of ether oxygens (including phenoxy) is 1. The molecule has 2 bridgehead atoms. The summed E-state index contributed by atoms with van der Waals surface area (Å²) in [6.07, 6.45) is 11.7. The predicted molar refractivity (Wildman–Crippen MR) is 133 cm³/mol. The third-order valence-corrected chi connectivity index (χ3v) is 10.2. The molecule has 1 aromatic heterocycles. The van der Waals surface area contributed by atoms with Gasteiger partial charge in [-0.3, -0.25) is 4.98 Å². The van der Waals surface area contributed by atoms with Crippen molar-refractivity contribution in [1.82, 2.24) is 9.88 Å². The molecule has 188 valence electrons. The molecular formula is C29H37FN2O3. The van der Waals surface area contributed by atoms with E-state index in [2.05, 4.69) is 42.3 Å². The van der Waals surface area contributed by atoms with Gasteiger partial charge in [0.25, 0.3) is 0 Å². The van der Waals surface area contributed by atoms with Gasteiger partial charge in [-0.1, -0.05) is 37.3 Å². The van der Waals surface area contributed by atoms with Gasteiger partial charge in [0.05, 0.1) is 11.7 Å². The fourth-order valence-corrected chi connectivity index (χ4v) is 8.12. The number of pyridine rings is 1. The summed E-state index contributed by atoms with van der Waals surface area (Å²) in [5.41, 5.74) is 0.797. The molecule has 2 aliphatic heterocycles. The number of aryl methyl sites for hydroxylation is 1. The van der Waals surface area contributed by atoms with E-state index in [-0.39, 0.29) is 23.8 Å². The van der Waals surface area contributed by atoms with Crippen LogP contribution in [0.1, 0.15) is 56.7 Å². The Morgan fingerprint density at radius 3 is 2.74 bits per heavy atom. The first-order valence-electron chi connectivity index (χ1n) is 13.0. The number of alkyl halides is 1. The summed E-state index contributed by atoms with van der Waals surface area (Å²) < 4.78 is 23.8. The summed E-state index contributed by atoms with van der Waals surface area (Å²) in [6.45, 7) is 4.35. The predicted octanol–water partition coefficient (Wildman–Crippen LogP) is 4.14.